The fourth-order valence-electron chi connectivity index (χ4n) is 1.92. The van der Waals surface area contributed by atoms with Gasteiger partial charge in [-0.2, -0.15) is 0 Å². The fourth-order valence-corrected chi connectivity index (χ4v) is 1.92. The highest BCUT2D eigenvalue weighted by atomic mass is 16.3. The van der Waals surface area contributed by atoms with Crippen molar-refractivity contribution in [2.45, 2.75) is 44.8 Å². The Balaban J connectivity index is 2.19. The van der Waals surface area contributed by atoms with Crippen LogP contribution in [0.25, 0.3) is 0 Å². The summed E-state index contributed by atoms with van der Waals surface area (Å²) < 4.78 is 0. The molecule has 2 N–H and O–H groups in total. The molecule has 0 aromatic carbocycles. The van der Waals surface area contributed by atoms with E-state index in [2.05, 4.69) is 17.3 Å². The van der Waals surface area contributed by atoms with Crippen molar-refractivity contribution in [2.75, 3.05) is 20.1 Å². The summed E-state index contributed by atoms with van der Waals surface area (Å²) in [5.74, 6) is 0.0659. The highest BCUT2D eigenvalue weighted by Crippen LogP contribution is 2.08. The van der Waals surface area contributed by atoms with Gasteiger partial charge in [-0.3, -0.25) is 4.79 Å². The van der Waals surface area contributed by atoms with Crippen LogP contribution in [0.4, 0.5) is 0 Å². The topological polar surface area (TPSA) is 52.6 Å². The van der Waals surface area contributed by atoms with Gasteiger partial charge in [0.05, 0.1) is 6.10 Å². The Labute approximate surface area is 91.6 Å². The zero-order valence-electron chi connectivity index (χ0n) is 9.70. The van der Waals surface area contributed by atoms with E-state index in [1.165, 1.54) is 0 Å². The van der Waals surface area contributed by atoms with Gasteiger partial charge in [-0.05, 0) is 39.8 Å². The van der Waals surface area contributed by atoms with Crippen molar-refractivity contribution in [3.63, 3.8) is 0 Å². The van der Waals surface area contributed by atoms with Crippen LogP contribution in [0.15, 0.2) is 0 Å². The van der Waals surface area contributed by atoms with Gasteiger partial charge in [0, 0.05) is 19.0 Å². The molecule has 0 bridgehead atoms. The van der Waals surface area contributed by atoms with Crippen LogP contribution in [0, 0.1) is 0 Å². The average Bonchev–Trinajstić information content (AvgIpc) is 2.15. The van der Waals surface area contributed by atoms with Crippen molar-refractivity contribution in [3.05, 3.63) is 0 Å². The van der Waals surface area contributed by atoms with Crippen LogP contribution in [0.2, 0.25) is 0 Å². The first kappa shape index (κ1) is 12.5. The molecule has 0 saturated carbocycles. The predicted octanol–water partition coefficient (Wildman–Crippen LogP) is 0.358. The molecule has 88 valence electrons. The molecule has 0 aliphatic carbocycles. The summed E-state index contributed by atoms with van der Waals surface area (Å²) in [4.78, 5) is 13.7. The van der Waals surface area contributed by atoms with Gasteiger partial charge in [0.15, 0.2) is 0 Å². The summed E-state index contributed by atoms with van der Waals surface area (Å²) in [7, 11) is 2.08. The number of amides is 1. The minimum absolute atomic E-state index is 0.0659. The highest BCUT2D eigenvalue weighted by Gasteiger charge is 2.18. The number of carbonyl (C=O) groups is 1. The van der Waals surface area contributed by atoms with Crippen molar-refractivity contribution in [2.24, 2.45) is 0 Å². The van der Waals surface area contributed by atoms with Crippen LogP contribution in [0.3, 0.4) is 0 Å². The molecule has 2 atom stereocenters. The SMILES string of the molecule is CC(O)CCC(=O)NC1CCCN(C)C1. The zero-order valence-corrected chi connectivity index (χ0v) is 9.70. The Bertz CT molecular complexity index is 207. The Morgan fingerprint density at radius 1 is 1.67 bits per heavy atom. The second-order valence-electron chi connectivity index (χ2n) is 4.56. The first-order valence-electron chi connectivity index (χ1n) is 5.74. The normalized spacial score (nSPS) is 24.9. The first-order valence-corrected chi connectivity index (χ1v) is 5.74. The Morgan fingerprint density at radius 2 is 2.40 bits per heavy atom. The van der Waals surface area contributed by atoms with Crippen LogP contribution in [-0.4, -0.2) is 48.2 Å². The summed E-state index contributed by atoms with van der Waals surface area (Å²) in [5.41, 5.74) is 0. The lowest BCUT2D eigenvalue weighted by molar-refractivity contribution is -0.122. The maximum atomic E-state index is 11.5. The van der Waals surface area contributed by atoms with Gasteiger partial charge >= 0.3 is 0 Å². The number of piperidine rings is 1. The second-order valence-corrected chi connectivity index (χ2v) is 4.56. The largest absolute Gasteiger partial charge is 0.393 e. The Kier molecular flexibility index (Phi) is 5.05. The van der Waals surface area contributed by atoms with Crippen LogP contribution < -0.4 is 5.32 Å². The number of nitrogens with one attached hydrogen (secondary N) is 1. The average molecular weight is 214 g/mol. The van der Waals surface area contributed by atoms with E-state index in [0.717, 1.165) is 25.9 Å². The number of likely N-dealkylation sites (N-methyl/N-ethyl adjacent to an activating group) is 1. The van der Waals surface area contributed by atoms with E-state index in [0.29, 0.717) is 18.9 Å². The van der Waals surface area contributed by atoms with Gasteiger partial charge in [0.25, 0.3) is 0 Å². The number of rotatable bonds is 4. The predicted molar refractivity (Wildman–Crippen MR) is 59.6 cm³/mol. The van der Waals surface area contributed by atoms with Crippen LogP contribution in [-0.2, 0) is 4.79 Å². The number of aliphatic hydroxyl groups excluding tert-OH is 1. The lowest BCUT2D eigenvalue weighted by atomic mass is 10.1. The third-order valence-corrected chi connectivity index (χ3v) is 2.78. The molecular formula is C11H22N2O2. The van der Waals surface area contributed by atoms with Crippen molar-refractivity contribution < 1.29 is 9.90 Å². The van der Waals surface area contributed by atoms with Gasteiger partial charge in [0.2, 0.25) is 5.91 Å². The third-order valence-electron chi connectivity index (χ3n) is 2.78. The quantitative estimate of drug-likeness (QED) is 0.710. The molecular weight excluding hydrogens is 192 g/mol. The van der Waals surface area contributed by atoms with Gasteiger partial charge in [-0.15, -0.1) is 0 Å². The van der Waals surface area contributed by atoms with Gasteiger partial charge in [0.1, 0.15) is 0 Å². The Hall–Kier alpha value is -0.610. The molecule has 0 aromatic rings. The van der Waals surface area contributed by atoms with Crippen molar-refractivity contribution >= 4 is 5.91 Å². The number of carbonyl (C=O) groups excluding carboxylic acids is 1. The van der Waals surface area contributed by atoms with Crippen LogP contribution in [0.1, 0.15) is 32.6 Å². The van der Waals surface area contributed by atoms with Gasteiger partial charge < -0.3 is 15.3 Å². The number of likely N-dealkylation sites (tertiary alicyclic amines) is 1. The minimum atomic E-state index is -0.384. The smallest absolute Gasteiger partial charge is 0.220 e. The van der Waals surface area contributed by atoms with Crippen LogP contribution in [0.5, 0.6) is 0 Å². The molecule has 15 heavy (non-hydrogen) atoms. The summed E-state index contributed by atoms with van der Waals surface area (Å²) >= 11 is 0. The maximum absolute atomic E-state index is 11.5. The molecule has 1 fully saturated rings. The fraction of sp³-hybridized carbons (Fsp3) is 0.909. The Morgan fingerprint density at radius 3 is 3.00 bits per heavy atom. The highest BCUT2D eigenvalue weighted by molar-refractivity contribution is 5.76. The van der Waals surface area contributed by atoms with E-state index in [4.69, 9.17) is 5.11 Å². The number of hydrogen-bond acceptors (Lipinski definition) is 3. The molecule has 4 nitrogen and oxygen atoms in total. The van der Waals surface area contributed by atoms with E-state index in [-0.39, 0.29) is 12.0 Å². The number of nitrogens with zero attached hydrogens (tertiary/aromatic N) is 1. The molecule has 1 amide bonds. The van der Waals surface area contributed by atoms with E-state index < -0.39 is 0 Å². The molecule has 2 unspecified atom stereocenters. The van der Waals surface area contributed by atoms with Crippen molar-refractivity contribution in [1.29, 1.82) is 0 Å². The monoisotopic (exact) mass is 214 g/mol. The summed E-state index contributed by atoms with van der Waals surface area (Å²) in [5, 5.41) is 12.1. The lowest BCUT2D eigenvalue weighted by Gasteiger charge is -2.30. The lowest BCUT2D eigenvalue weighted by Crippen LogP contribution is -2.46. The standard InChI is InChI=1S/C11H22N2O2/c1-9(14)5-6-11(15)12-10-4-3-7-13(2)8-10/h9-10,14H,3-8H2,1-2H3,(H,12,15). The summed E-state index contributed by atoms with van der Waals surface area (Å²) in [6, 6.07) is 0.297. The van der Waals surface area contributed by atoms with Gasteiger partial charge in [-0.25, -0.2) is 0 Å². The maximum Gasteiger partial charge on any atom is 0.220 e. The molecule has 4 heteroatoms. The van der Waals surface area contributed by atoms with Crippen molar-refractivity contribution in [1.82, 2.24) is 10.2 Å². The van der Waals surface area contributed by atoms with E-state index in [1.807, 2.05) is 0 Å². The van der Waals surface area contributed by atoms with Gasteiger partial charge in [-0.1, -0.05) is 0 Å². The van der Waals surface area contributed by atoms with Crippen LogP contribution >= 0.6 is 0 Å². The molecule has 0 spiro atoms. The zero-order chi connectivity index (χ0) is 11.3. The van der Waals surface area contributed by atoms with E-state index >= 15 is 0 Å². The molecule has 1 saturated heterocycles. The molecule has 1 rings (SSSR count). The molecule has 1 aliphatic heterocycles. The number of aliphatic hydroxyl groups is 1. The number of hydrogen-bond donors (Lipinski definition) is 2. The van der Waals surface area contributed by atoms with E-state index in [9.17, 15) is 4.79 Å². The molecule has 1 heterocycles. The molecule has 0 aromatic heterocycles. The molecule has 1 aliphatic rings. The summed E-state index contributed by atoms with van der Waals surface area (Å²) in [6.07, 6.45) is 2.82. The van der Waals surface area contributed by atoms with E-state index in [1.54, 1.807) is 6.92 Å². The third kappa shape index (κ3) is 5.14. The summed E-state index contributed by atoms with van der Waals surface area (Å²) in [6.45, 7) is 3.78. The second kappa shape index (κ2) is 6.08. The minimum Gasteiger partial charge on any atom is -0.393 e. The van der Waals surface area contributed by atoms with Crippen molar-refractivity contribution in [3.8, 4) is 0 Å². The first-order chi connectivity index (χ1) is 7.08. The molecule has 0 radical (unpaired) electrons.